The van der Waals surface area contributed by atoms with E-state index in [0.717, 1.165) is 6.42 Å². The van der Waals surface area contributed by atoms with Crippen molar-refractivity contribution < 1.29 is 27.7 Å². The van der Waals surface area contributed by atoms with Gasteiger partial charge in [0.15, 0.2) is 4.90 Å². The van der Waals surface area contributed by atoms with Crippen molar-refractivity contribution in [3.8, 4) is 40.1 Å². The van der Waals surface area contributed by atoms with Gasteiger partial charge in [-0.2, -0.15) is 4.98 Å². The first-order chi connectivity index (χ1) is 18.8. The third kappa shape index (κ3) is 5.17. The van der Waals surface area contributed by atoms with Gasteiger partial charge in [0.2, 0.25) is 21.6 Å². The fourth-order valence-electron chi connectivity index (χ4n) is 4.27. The first-order valence-corrected chi connectivity index (χ1v) is 13.7. The van der Waals surface area contributed by atoms with Crippen molar-refractivity contribution in [2.45, 2.75) is 36.0 Å². The van der Waals surface area contributed by atoms with Gasteiger partial charge in [0.1, 0.15) is 23.0 Å². The summed E-state index contributed by atoms with van der Waals surface area (Å²) in [6.45, 7) is 1.97. The van der Waals surface area contributed by atoms with Gasteiger partial charge in [0, 0.05) is 18.2 Å². The third-order valence-corrected chi connectivity index (χ3v) is 7.97. The van der Waals surface area contributed by atoms with Crippen LogP contribution in [0.5, 0.6) is 23.3 Å². The highest BCUT2D eigenvalue weighted by Crippen LogP contribution is 2.38. The molecule has 11 heteroatoms. The van der Waals surface area contributed by atoms with E-state index in [1.54, 1.807) is 48.7 Å². The molecule has 0 bridgehead atoms. The van der Waals surface area contributed by atoms with Gasteiger partial charge in [-0.25, -0.2) is 13.4 Å². The van der Waals surface area contributed by atoms with E-state index in [9.17, 15) is 18.3 Å². The van der Waals surface area contributed by atoms with Crippen LogP contribution in [-0.2, 0) is 16.3 Å². The molecule has 0 atom stereocenters. The molecule has 2 heterocycles. The number of hydrogen-bond donors (Lipinski definition) is 1. The number of methoxy groups -OCH3 is 3. The summed E-state index contributed by atoms with van der Waals surface area (Å²) in [5.41, 5.74) is 0.502. The largest absolute Gasteiger partial charge is 0.494 e. The predicted octanol–water partition coefficient (Wildman–Crippen LogP) is 4.20. The van der Waals surface area contributed by atoms with Crippen molar-refractivity contribution in [1.29, 1.82) is 0 Å². The fraction of sp³-hybridized carbons (Fsp3) is 0.250. The Morgan fingerprint density at radius 2 is 1.59 bits per heavy atom. The number of benzene rings is 2. The van der Waals surface area contributed by atoms with Gasteiger partial charge < -0.3 is 19.3 Å². The summed E-state index contributed by atoms with van der Waals surface area (Å²) in [5, 5.41) is 11.4. The summed E-state index contributed by atoms with van der Waals surface area (Å²) in [4.78, 5) is 20.4. The molecule has 39 heavy (non-hydrogen) atoms. The van der Waals surface area contributed by atoms with E-state index in [1.165, 1.54) is 38.0 Å². The van der Waals surface area contributed by atoms with Crippen molar-refractivity contribution in [3.63, 3.8) is 0 Å². The maximum Gasteiger partial charge on any atom is 0.296 e. The molecule has 0 fully saturated rings. The van der Waals surface area contributed by atoms with Crippen molar-refractivity contribution in [2.24, 2.45) is 0 Å². The summed E-state index contributed by atoms with van der Waals surface area (Å²) in [7, 11) is -0.128. The summed E-state index contributed by atoms with van der Waals surface area (Å²) in [5.74, 6) is 0.380. The average Bonchev–Trinajstić information content (AvgIpc) is 2.95. The number of para-hydroxylation sites is 1. The lowest BCUT2D eigenvalue weighted by Crippen LogP contribution is -2.25. The topological polar surface area (TPSA) is 130 Å². The maximum absolute atomic E-state index is 13.8. The minimum absolute atomic E-state index is 0.181. The Morgan fingerprint density at radius 1 is 0.923 bits per heavy atom. The van der Waals surface area contributed by atoms with Gasteiger partial charge in [-0.05, 0) is 48.4 Å². The summed E-state index contributed by atoms with van der Waals surface area (Å²) < 4.78 is 45.0. The first-order valence-electron chi connectivity index (χ1n) is 12.2. The lowest BCUT2D eigenvalue weighted by atomic mass is 10.1. The molecule has 1 N–H and O–H groups in total. The second kappa shape index (κ2) is 11.6. The van der Waals surface area contributed by atoms with E-state index in [-0.39, 0.29) is 16.4 Å². The van der Waals surface area contributed by atoms with Crippen LogP contribution >= 0.6 is 0 Å². The molecule has 10 nitrogen and oxygen atoms in total. The van der Waals surface area contributed by atoms with E-state index in [4.69, 9.17) is 14.2 Å². The predicted molar refractivity (Wildman–Crippen MR) is 145 cm³/mol. The van der Waals surface area contributed by atoms with Crippen LogP contribution in [0, 0.1) is 0 Å². The van der Waals surface area contributed by atoms with Crippen LogP contribution in [0.4, 0.5) is 0 Å². The van der Waals surface area contributed by atoms with Crippen LogP contribution in [-0.4, -0.2) is 49.4 Å². The van der Waals surface area contributed by atoms with Crippen LogP contribution in [0.3, 0.4) is 0 Å². The number of nitrogens with zero attached hydrogens (tertiary/aromatic N) is 3. The molecule has 0 amide bonds. The van der Waals surface area contributed by atoms with Crippen LogP contribution in [0.2, 0.25) is 0 Å². The zero-order valence-electron chi connectivity index (χ0n) is 22.0. The normalized spacial score (nSPS) is 11.3. The molecule has 2 aromatic carbocycles. The molecule has 0 saturated heterocycles. The summed E-state index contributed by atoms with van der Waals surface area (Å²) in [6.07, 6.45) is 3.33. The Hall–Kier alpha value is -4.38. The lowest BCUT2D eigenvalue weighted by Gasteiger charge is -2.21. The highest BCUT2D eigenvalue weighted by Gasteiger charge is 2.31. The third-order valence-electron chi connectivity index (χ3n) is 6.19. The second-order valence-corrected chi connectivity index (χ2v) is 10.4. The molecule has 0 saturated carbocycles. The molecule has 0 aliphatic carbocycles. The minimum Gasteiger partial charge on any atom is -0.494 e. The first kappa shape index (κ1) is 27.6. The molecule has 0 unspecified atom stereocenters. The number of pyridine rings is 1. The van der Waals surface area contributed by atoms with E-state index in [2.05, 4.69) is 9.97 Å². The molecule has 0 aliphatic heterocycles. The molecule has 0 radical (unpaired) electrons. The second-order valence-electron chi connectivity index (χ2n) is 8.52. The quantitative estimate of drug-likeness (QED) is 0.308. The Balaban J connectivity index is 1.92. The molecule has 4 rings (SSSR count). The standard InChI is InChI=1S/C28H29N3O7S/c1-5-6-12-23-30-26(32)25(28(33)31(23)24-21(36-2)10-7-11-22(24)37-3)39(34,35)19-15-13-18(14-16-19)20-9-8-17-29-27(20)38-4/h7-11,13-17,33H,5-6,12H2,1-4H3. The van der Waals surface area contributed by atoms with Gasteiger partial charge in [-0.15, -0.1) is 0 Å². The number of ether oxygens (including phenoxy) is 3. The van der Waals surface area contributed by atoms with Crippen molar-refractivity contribution in [2.75, 3.05) is 21.3 Å². The number of hydrogen-bond acceptors (Lipinski definition) is 9. The zero-order chi connectivity index (χ0) is 28.2. The van der Waals surface area contributed by atoms with Crippen molar-refractivity contribution in [1.82, 2.24) is 14.5 Å². The lowest BCUT2D eigenvalue weighted by molar-refractivity contribution is 0.374. The maximum atomic E-state index is 13.8. The monoisotopic (exact) mass is 551 g/mol. The van der Waals surface area contributed by atoms with Crippen LogP contribution in [0.1, 0.15) is 25.6 Å². The number of rotatable bonds is 10. The smallest absolute Gasteiger partial charge is 0.296 e. The Kier molecular flexibility index (Phi) is 8.20. The summed E-state index contributed by atoms with van der Waals surface area (Å²) in [6, 6.07) is 14.4. The molecule has 4 aromatic rings. The Morgan fingerprint density at radius 3 is 2.18 bits per heavy atom. The van der Waals surface area contributed by atoms with Crippen LogP contribution < -0.4 is 19.8 Å². The van der Waals surface area contributed by atoms with E-state index in [0.29, 0.717) is 41.3 Å². The van der Waals surface area contributed by atoms with Gasteiger partial charge in [0.05, 0.1) is 26.2 Å². The number of aromatic nitrogens is 3. The Bertz CT molecular complexity index is 1630. The molecular weight excluding hydrogens is 522 g/mol. The average molecular weight is 552 g/mol. The molecule has 0 aliphatic rings. The van der Waals surface area contributed by atoms with Gasteiger partial charge >= 0.3 is 0 Å². The molecule has 0 spiro atoms. The number of aromatic hydroxyl groups is 1. The van der Waals surface area contributed by atoms with Crippen molar-refractivity contribution >= 4 is 9.84 Å². The zero-order valence-corrected chi connectivity index (χ0v) is 22.9. The van der Waals surface area contributed by atoms with E-state index >= 15 is 0 Å². The summed E-state index contributed by atoms with van der Waals surface area (Å²) >= 11 is 0. The van der Waals surface area contributed by atoms with E-state index in [1.807, 2.05) is 6.92 Å². The molecule has 2 aromatic heterocycles. The fourth-order valence-corrected chi connectivity index (χ4v) is 5.60. The van der Waals surface area contributed by atoms with Crippen LogP contribution in [0.25, 0.3) is 16.8 Å². The van der Waals surface area contributed by atoms with Crippen molar-refractivity contribution in [3.05, 3.63) is 77.0 Å². The number of aryl methyl sites for hydroxylation is 1. The SMILES string of the molecule is CCCCc1nc(=O)c(S(=O)(=O)c2ccc(-c3cccnc3OC)cc2)c(O)n1-c1c(OC)cccc1OC. The highest BCUT2D eigenvalue weighted by molar-refractivity contribution is 7.91. The van der Waals surface area contributed by atoms with Gasteiger partial charge in [-0.3, -0.25) is 9.36 Å². The van der Waals surface area contributed by atoms with Crippen LogP contribution in [0.15, 0.2) is 75.4 Å². The Labute approximate surface area is 226 Å². The number of sulfone groups is 1. The highest BCUT2D eigenvalue weighted by atomic mass is 32.2. The van der Waals surface area contributed by atoms with Gasteiger partial charge in [-0.1, -0.05) is 31.5 Å². The van der Waals surface area contributed by atoms with Gasteiger partial charge in [0.25, 0.3) is 5.56 Å². The number of unbranched alkanes of at least 4 members (excludes halogenated alkanes) is 1. The van der Waals surface area contributed by atoms with E-state index < -0.39 is 26.2 Å². The molecular formula is C28H29N3O7S. The molecule has 204 valence electrons. The minimum atomic E-state index is -4.50.